The molecule has 0 radical (unpaired) electrons. The lowest BCUT2D eigenvalue weighted by molar-refractivity contribution is -0.119. The maximum atomic E-state index is 12.2. The van der Waals surface area contributed by atoms with Gasteiger partial charge in [-0.05, 0) is 30.3 Å². The summed E-state index contributed by atoms with van der Waals surface area (Å²) >= 11 is 10.8. The molecule has 3 nitrogen and oxygen atoms in total. The molecule has 1 aliphatic heterocycles. The van der Waals surface area contributed by atoms with Gasteiger partial charge in [0.1, 0.15) is 6.04 Å². The first-order valence-corrected chi connectivity index (χ1v) is 7.65. The van der Waals surface area contributed by atoms with Gasteiger partial charge in [-0.1, -0.05) is 27.5 Å². The summed E-state index contributed by atoms with van der Waals surface area (Å²) in [4.78, 5) is 15.0. The monoisotopic (exact) mass is 356 g/mol. The van der Waals surface area contributed by atoms with E-state index in [1.807, 2.05) is 30.3 Å². The van der Waals surface area contributed by atoms with Crippen molar-refractivity contribution in [2.24, 2.45) is 5.73 Å². The van der Waals surface area contributed by atoms with E-state index in [4.69, 9.17) is 17.3 Å². The molecule has 1 unspecified atom stereocenters. The van der Waals surface area contributed by atoms with Crippen molar-refractivity contribution in [2.75, 3.05) is 4.90 Å². The molecule has 2 heterocycles. The molecule has 6 heteroatoms. The number of anilines is 1. The fraction of sp³-hybridized carbons (Fsp3) is 0.154. The predicted molar refractivity (Wildman–Crippen MR) is 81.6 cm³/mol. The van der Waals surface area contributed by atoms with Crippen molar-refractivity contribution in [3.8, 4) is 0 Å². The molecule has 1 atom stereocenters. The van der Waals surface area contributed by atoms with Crippen molar-refractivity contribution < 1.29 is 4.79 Å². The highest BCUT2D eigenvalue weighted by Crippen LogP contribution is 2.38. The van der Waals surface area contributed by atoms with E-state index in [2.05, 4.69) is 15.9 Å². The minimum absolute atomic E-state index is 0.0716. The molecule has 1 aliphatic rings. The molecule has 1 aromatic carbocycles. The van der Waals surface area contributed by atoms with Crippen LogP contribution in [0.25, 0.3) is 0 Å². The van der Waals surface area contributed by atoms with Crippen LogP contribution in [-0.4, -0.2) is 5.91 Å². The topological polar surface area (TPSA) is 46.3 Å². The second-order valence-corrected chi connectivity index (χ2v) is 7.03. The van der Waals surface area contributed by atoms with Gasteiger partial charge >= 0.3 is 0 Å². The summed E-state index contributed by atoms with van der Waals surface area (Å²) in [5.74, 6) is -0.0716. The summed E-state index contributed by atoms with van der Waals surface area (Å²) < 4.78 is 1.65. The van der Waals surface area contributed by atoms with Crippen molar-refractivity contribution in [3.05, 3.63) is 49.6 Å². The lowest BCUT2D eigenvalue weighted by Crippen LogP contribution is -2.30. The highest BCUT2D eigenvalue weighted by Gasteiger charge is 2.34. The van der Waals surface area contributed by atoms with Crippen LogP contribution in [0.4, 0.5) is 5.69 Å². The SMILES string of the molecule is NC1C(=O)N(Cc2ccc(Cl)s2)c2ccc(Br)cc21. The smallest absolute Gasteiger partial charge is 0.248 e. The molecule has 3 rings (SSSR count). The standard InChI is InChI=1S/C13H10BrClN2OS/c14-7-1-3-10-9(5-7)12(16)13(18)17(10)6-8-2-4-11(15)19-8/h1-5,12H,6,16H2. The van der Waals surface area contributed by atoms with Crippen LogP contribution in [0, 0.1) is 0 Å². The average Bonchev–Trinajstić information content (AvgIpc) is 2.88. The minimum Gasteiger partial charge on any atom is -0.316 e. The number of carbonyl (C=O) groups is 1. The Morgan fingerprint density at radius 3 is 2.84 bits per heavy atom. The number of hydrogen-bond donors (Lipinski definition) is 1. The second-order valence-electron chi connectivity index (χ2n) is 4.31. The Labute approximate surface area is 128 Å². The van der Waals surface area contributed by atoms with Gasteiger partial charge in [0.15, 0.2) is 0 Å². The first-order chi connectivity index (χ1) is 9.06. The summed E-state index contributed by atoms with van der Waals surface area (Å²) in [5.41, 5.74) is 7.72. The highest BCUT2D eigenvalue weighted by molar-refractivity contribution is 9.10. The van der Waals surface area contributed by atoms with Gasteiger partial charge in [0.05, 0.1) is 10.9 Å². The van der Waals surface area contributed by atoms with Gasteiger partial charge in [0.25, 0.3) is 0 Å². The van der Waals surface area contributed by atoms with Gasteiger partial charge < -0.3 is 10.6 Å². The summed E-state index contributed by atoms with van der Waals surface area (Å²) in [6.07, 6.45) is 0. The van der Waals surface area contributed by atoms with Crippen LogP contribution in [0.2, 0.25) is 4.34 Å². The number of carbonyl (C=O) groups excluding carboxylic acids is 1. The van der Waals surface area contributed by atoms with Crippen LogP contribution in [0.5, 0.6) is 0 Å². The molecular formula is C13H10BrClN2OS. The van der Waals surface area contributed by atoms with E-state index >= 15 is 0 Å². The molecular weight excluding hydrogens is 348 g/mol. The van der Waals surface area contributed by atoms with Crippen LogP contribution < -0.4 is 10.6 Å². The number of amides is 1. The van der Waals surface area contributed by atoms with E-state index in [1.165, 1.54) is 11.3 Å². The van der Waals surface area contributed by atoms with E-state index in [0.717, 1.165) is 24.9 Å². The summed E-state index contributed by atoms with van der Waals surface area (Å²) in [5, 5.41) is 0. The van der Waals surface area contributed by atoms with E-state index in [-0.39, 0.29) is 5.91 Å². The van der Waals surface area contributed by atoms with Gasteiger partial charge in [-0.2, -0.15) is 0 Å². The molecule has 0 saturated heterocycles. The lowest BCUT2D eigenvalue weighted by Gasteiger charge is -2.16. The zero-order valence-corrected chi connectivity index (χ0v) is 12.9. The first kappa shape index (κ1) is 13.1. The number of halogens is 2. The number of rotatable bonds is 2. The Kier molecular flexibility index (Phi) is 3.39. The van der Waals surface area contributed by atoms with Crippen molar-refractivity contribution >= 4 is 50.5 Å². The quantitative estimate of drug-likeness (QED) is 0.890. The molecule has 1 amide bonds. The van der Waals surface area contributed by atoms with Crippen LogP contribution in [-0.2, 0) is 11.3 Å². The Hall–Kier alpha value is -0.880. The summed E-state index contributed by atoms with van der Waals surface area (Å²) in [7, 11) is 0. The van der Waals surface area contributed by atoms with Crippen molar-refractivity contribution in [1.82, 2.24) is 0 Å². The molecule has 0 fully saturated rings. The number of fused-ring (bicyclic) bond motifs is 1. The average molecular weight is 358 g/mol. The van der Waals surface area contributed by atoms with Crippen molar-refractivity contribution in [3.63, 3.8) is 0 Å². The fourth-order valence-electron chi connectivity index (χ4n) is 2.20. The number of hydrogen-bond acceptors (Lipinski definition) is 3. The highest BCUT2D eigenvalue weighted by atomic mass is 79.9. The Balaban J connectivity index is 1.97. The van der Waals surface area contributed by atoms with Crippen LogP contribution in [0.1, 0.15) is 16.5 Å². The third-order valence-electron chi connectivity index (χ3n) is 3.09. The number of nitrogens with two attached hydrogens (primary N) is 1. The minimum atomic E-state index is -0.581. The molecule has 1 aromatic heterocycles. The van der Waals surface area contributed by atoms with Gasteiger partial charge in [-0.15, -0.1) is 11.3 Å². The Morgan fingerprint density at radius 1 is 1.37 bits per heavy atom. The van der Waals surface area contributed by atoms with Crippen LogP contribution in [0.15, 0.2) is 34.8 Å². The van der Waals surface area contributed by atoms with Crippen LogP contribution >= 0.6 is 38.9 Å². The maximum absolute atomic E-state index is 12.2. The van der Waals surface area contributed by atoms with Crippen LogP contribution in [0.3, 0.4) is 0 Å². The van der Waals surface area contributed by atoms with Gasteiger partial charge in [0, 0.05) is 20.6 Å². The Bertz CT molecular complexity index is 658. The fourth-order valence-corrected chi connectivity index (χ4v) is 3.65. The van der Waals surface area contributed by atoms with Gasteiger partial charge in [-0.25, -0.2) is 0 Å². The van der Waals surface area contributed by atoms with Gasteiger partial charge in [-0.3, -0.25) is 4.79 Å². The van der Waals surface area contributed by atoms with Gasteiger partial charge in [0.2, 0.25) is 5.91 Å². The lowest BCUT2D eigenvalue weighted by atomic mass is 10.1. The van der Waals surface area contributed by atoms with E-state index in [9.17, 15) is 4.79 Å². The third kappa shape index (κ3) is 2.31. The molecule has 19 heavy (non-hydrogen) atoms. The molecule has 0 saturated carbocycles. The van der Waals surface area contributed by atoms with E-state index in [1.54, 1.807) is 4.90 Å². The maximum Gasteiger partial charge on any atom is 0.248 e. The van der Waals surface area contributed by atoms with Crippen molar-refractivity contribution in [1.29, 1.82) is 0 Å². The zero-order chi connectivity index (χ0) is 13.6. The normalized spacial score (nSPS) is 17.9. The molecule has 98 valence electrons. The number of nitrogens with zero attached hydrogens (tertiary/aromatic N) is 1. The Morgan fingerprint density at radius 2 is 2.16 bits per heavy atom. The molecule has 2 N–H and O–H groups in total. The summed E-state index contributed by atoms with van der Waals surface area (Å²) in [6, 6.07) is 8.92. The number of thiophene rings is 1. The predicted octanol–water partition coefficient (Wildman–Crippen LogP) is 3.71. The summed E-state index contributed by atoms with van der Waals surface area (Å²) in [6.45, 7) is 0.512. The molecule has 2 aromatic rings. The first-order valence-electron chi connectivity index (χ1n) is 5.67. The number of benzene rings is 1. The molecule has 0 aliphatic carbocycles. The van der Waals surface area contributed by atoms with E-state index in [0.29, 0.717) is 6.54 Å². The van der Waals surface area contributed by atoms with Crippen molar-refractivity contribution in [2.45, 2.75) is 12.6 Å². The van der Waals surface area contributed by atoms with E-state index < -0.39 is 6.04 Å². The largest absolute Gasteiger partial charge is 0.316 e. The second kappa shape index (κ2) is 4.90. The third-order valence-corrected chi connectivity index (χ3v) is 4.80. The molecule has 0 bridgehead atoms. The molecule has 0 spiro atoms. The zero-order valence-electron chi connectivity index (χ0n) is 9.77.